The fourth-order valence-electron chi connectivity index (χ4n) is 6.28. The first-order valence-corrected chi connectivity index (χ1v) is 17.1. The van der Waals surface area contributed by atoms with E-state index >= 15 is 0 Å². The first-order valence-electron chi connectivity index (χ1n) is 15.2. The van der Waals surface area contributed by atoms with Gasteiger partial charge in [0.1, 0.15) is 18.5 Å². The molecule has 43 heavy (non-hydrogen) atoms. The number of nitrogens with zero attached hydrogens (tertiary/aromatic N) is 1. The molecule has 0 aromatic heterocycles. The summed E-state index contributed by atoms with van der Waals surface area (Å²) in [6, 6.07) is 11.0. The van der Waals surface area contributed by atoms with Crippen molar-refractivity contribution in [2.24, 2.45) is 17.8 Å². The zero-order chi connectivity index (χ0) is 30.7. The fraction of sp³-hybridized carbons (Fsp3) is 0.515. The van der Waals surface area contributed by atoms with Crippen LogP contribution in [0.1, 0.15) is 74.4 Å². The van der Waals surface area contributed by atoms with Crippen LogP contribution in [0.4, 0.5) is 5.69 Å². The standard InChI is InChI=1S/C33H41ClN2O6S/c1-21-7-6-9-31(42-23(3)37)29-14-11-26(29)19-36-16-5-4-8-24-17-28(34)13-10-27(24)20-41-32-15-12-25(18-30(32)36)33(38)35-43(39,40)22(21)2/h6,9-10,12-13,15,17-18,21-22,26,29,31H,4-5,7-8,11,14,16,19-20H2,1-3H3,(H,35,38)/b9-6+/t21-,22+,26-,29+,31-/m0/s1. The number of hydrogen-bond donors (Lipinski definition) is 1. The second-order valence-electron chi connectivity index (χ2n) is 12.2. The third-order valence-electron chi connectivity index (χ3n) is 9.25. The van der Waals surface area contributed by atoms with Gasteiger partial charge in [-0.3, -0.25) is 9.59 Å². The highest BCUT2D eigenvalue weighted by Gasteiger charge is 2.39. The third-order valence-corrected chi connectivity index (χ3v) is 11.4. The van der Waals surface area contributed by atoms with Gasteiger partial charge < -0.3 is 14.4 Å². The average Bonchev–Trinajstić information content (AvgIpc) is 2.96. The Bertz CT molecular complexity index is 1490. The minimum Gasteiger partial charge on any atom is -0.487 e. The Morgan fingerprint density at radius 3 is 2.65 bits per heavy atom. The SMILES string of the molecule is CC(=O)O[C@H]1/C=C/C[C@H](C)[C@@H](C)S(=O)(=O)NC(=O)c2ccc3c(c2)N(CCCCc2cc(Cl)ccc2CO3)C[C@@H]2CC[C@H]21. The summed E-state index contributed by atoms with van der Waals surface area (Å²) in [5.74, 6) is -0.221. The number of benzene rings is 2. The predicted molar refractivity (Wildman–Crippen MR) is 168 cm³/mol. The molecule has 2 aliphatic heterocycles. The molecule has 1 amide bonds. The van der Waals surface area contributed by atoms with E-state index in [1.807, 2.05) is 37.3 Å². The van der Waals surface area contributed by atoms with Crippen LogP contribution in [0.25, 0.3) is 0 Å². The van der Waals surface area contributed by atoms with Gasteiger partial charge in [0.25, 0.3) is 5.91 Å². The maximum absolute atomic E-state index is 13.3. The molecule has 2 aromatic rings. The molecule has 3 aliphatic rings. The molecule has 2 heterocycles. The number of esters is 1. The molecule has 2 aromatic carbocycles. The van der Waals surface area contributed by atoms with Crippen molar-refractivity contribution < 1.29 is 27.5 Å². The van der Waals surface area contributed by atoms with Crippen molar-refractivity contribution in [1.82, 2.24) is 4.72 Å². The molecule has 1 saturated carbocycles. The Balaban J connectivity index is 1.55. The molecule has 10 heteroatoms. The summed E-state index contributed by atoms with van der Waals surface area (Å²) in [6.45, 7) is 6.64. The lowest BCUT2D eigenvalue weighted by atomic mass is 9.70. The number of ether oxygens (including phenoxy) is 2. The summed E-state index contributed by atoms with van der Waals surface area (Å²) in [6.07, 6.45) is 8.58. The molecule has 5 rings (SSSR count). The van der Waals surface area contributed by atoms with E-state index in [1.165, 1.54) is 6.92 Å². The average molecular weight is 629 g/mol. The van der Waals surface area contributed by atoms with E-state index in [0.29, 0.717) is 30.3 Å². The third kappa shape index (κ3) is 7.37. The molecule has 232 valence electrons. The lowest BCUT2D eigenvalue weighted by molar-refractivity contribution is -0.149. The molecule has 1 aliphatic carbocycles. The van der Waals surface area contributed by atoms with Gasteiger partial charge in [-0.25, -0.2) is 13.1 Å². The summed E-state index contributed by atoms with van der Waals surface area (Å²) in [7, 11) is -3.95. The minimum absolute atomic E-state index is 0.143. The number of carbonyl (C=O) groups is 2. The maximum atomic E-state index is 13.3. The number of hydrogen-bond acceptors (Lipinski definition) is 7. The topological polar surface area (TPSA) is 102 Å². The van der Waals surface area contributed by atoms with Gasteiger partial charge in [0.2, 0.25) is 10.0 Å². The molecule has 1 fully saturated rings. The molecule has 0 radical (unpaired) electrons. The Morgan fingerprint density at radius 1 is 1.09 bits per heavy atom. The number of sulfonamides is 1. The maximum Gasteiger partial charge on any atom is 0.303 e. The molecule has 0 spiro atoms. The summed E-state index contributed by atoms with van der Waals surface area (Å²) in [4.78, 5) is 27.7. The molecular weight excluding hydrogens is 588 g/mol. The van der Waals surface area contributed by atoms with Crippen molar-refractivity contribution in [2.45, 2.75) is 77.3 Å². The van der Waals surface area contributed by atoms with Crippen LogP contribution in [0.3, 0.4) is 0 Å². The highest BCUT2D eigenvalue weighted by molar-refractivity contribution is 7.90. The van der Waals surface area contributed by atoms with Crippen molar-refractivity contribution in [3.05, 3.63) is 70.3 Å². The van der Waals surface area contributed by atoms with Gasteiger partial charge >= 0.3 is 5.97 Å². The van der Waals surface area contributed by atoms with Gasteiger partial charge in [-0.1, -0.05) is 30.7 Å². The second kappa shape index (κ2) is 13.3. The normalized spacial score (nSPS) is 28.4. The fourth-order valence-corrected chi connectivity index (χ4v) is 7.76. The van der Waals surface area contributed by atoms with Gasteiger partial charge in [0.05, 0.1) is 10.9 Å². The van der Waals surface area contributed by atoms with Gasteiger partial charge in [-0.15, -0.1) is 0 Å². The molecule has 5 atom stereocenters. The lowest BCUT2D eigenvalue weighted by Crippen LogP contribution is -2.44. The predicted octanol–water partition coefficient (Wildman–Crippen LogP) is 6.06. The largest absolute Gasteiger partial charge is 0.487 e. The quantitative estimate of drug-likeness (QED) is 0.302. The number of halogens is 1. The minimum atomic E-state index is -3.95. The molecule has 0 saturated heterocycles. The smallest absolute Gasteiger partial charge is 0.303 e. The summed E-state index contributed by atoms with van der Waals surface area (Å²) in [5, 5.41) is -0.118. The van der Waals surface area contributed by atoms with E-state index in [9.17, 15) is 18.0 Å². The first-order chi connectivity index (χ1) is 20.5. The summed E-state index contributed by atoms with van der Waals surface area (Å²) < 4.78 is 40.9. The van der Waals surface area contributed by atoms with Crippen molar-refractivity contribution in [1.29, 1.82) is 0 Å². The van der Waals surface area contributed by atoms with Crippen molar-refractivity contribution in [2.75, 3.05) is 18.0 Å². The Hall–Kier alpha value is -3.04. The number of carbonyl (C=O) groups excluding carboxylic acids is 2. The van der Waals surface area contributed by atoms with Crippen LogP contribution < -0.4 is 14.4 Å². The van der Waals surface area contributed by atoms with Gasteiger partial charge in [-0.2, -0.15) is 0 Å². The van der Waals surface area contributed by atoms with Crippen molar-refractivity contribution >= 4 is 39.2 Å². The highest BCUT2D eigenvalue weighted by Crippen LogP contribution is 2.42. The van der Waals surface area contributed by atoms with Crippen molar-refractivity contribution in [3.8, 4) is 5.75 Å². The Labute approximate surface area is 259 Å². The molecular formula is C33H41ClN2O6S. The number of allylic oxidation sites excluding steroid dienone is 1. The van der Waals surface area contributed by atoms with Gasteiger partial charge in [-0.05, 0) is 105 Å². The van der Waals surface area contributed by atoms with E-state index < -0.39 is 21.2 Å². The zero-order valence-corrected chi connectivity index (χ0v) is 26.6. The number of nitrogens with one attached hydrogen (secondary N) is 1. The van der Waals surface area contributed by atoms with Crippen LogP contribution in [0.15, 0.2) is 48.6 Å². The number of aryl methyl sites for hydroxylation is 1. The highest BCUT2D eigenvalue weighted by atomic mass is 35.5. The van der Waals surface area contributed by atoms with Crippen LogP contribution in [0, 0.1) is 17.8 Å². The Morgan fingerprint density at radius 2 is 1.91 bits per heavy atom. The van der Waals surface area contributed by atoms with Crippen LogP contribution in [0.2, 0.25) is 5.02 Å². The van der Waals surface area contributed by atoms with E-state index in [1.54, 1.807) is 25.1 Å². The summed E-state index contributed by atoms with van der Waals surface area (Å²) >= 11 is 6.31. The molecule has 0 unspecified atom stereocenters. The molecule has 8 nitrogen and oxygen atoms in total. The number of fused-ring (bicyclic) bond motifs is 3. The number of anilines is 1. The van der Waals surface area contributed by atoms with Crippen LogP contribution >= 0.6 is 11.6 Å². The monoisotopic (exact) mass is 628 g/mol. The van der Waals surface area contributed by atoms with Gasteiger partial charge in [0, 0.05) is 36.5 Å². The Kier molecular flexibility index (Phi) is 9.71. The van der Waals surface area contributed by atoms with Crippen molar-refractivity contribution in [3.63, 3.8) is 0 Å². The molecule has 2 bridgehead atoms. The summed E-state index contributed by atoms with van der Waals surface area (Å²) in [5.41, 5.74) is 3.23. The number of amides is 1. The van der Waals surface area contributed by atoms with E-state index in [2.05, 4.69) is 9.62 Å². The van der Waals surface area contributed by atoms with Crippen LogP contribution in [-0.4, -0.2) is 44.7 Å². The second-order valence-corrected chi connectivity index (χ2v) is 14.7. The number of rotatable bonds is 1. The first kappa shape index (κ1) is 31.4. The van der Waals surface area contributed by atoms with E-state index in [4.69, 9.17) is 21.1 Å². The lowest BCUT2D eigenvalue weighted by Gasteiger charge is -2.43. The molecule has 1 N–H and O–H groups in total. The van der Waals surface area contributed by atoms with E-state index in [0.717, 1.165) is 55.5 Å². The van der Waals surface area contributed by atoms with Crippen LogP contribution in [-0.2, 0) is 32.6 Å². The van der Waals surface area contributed by atoms with Crippen LogP contribution in [0.5, 0.6) is 5.75 Å². The zero-order valence-electron chi connectivity index (χ0n) is 25.1. The van der Waals surface area contributed by atoms with Gasteiger partial charge in [0.15, 0.2) is 0 Å². The van der Waals surface area contributed by atoms with E-state index in [-0.39, 0.29) is 35.4 Å².